The van der Waals surface area contributed by atoms with E-state index in [4.69, 9.17) is 11.6 Å². The summed E-state index contributed by atoms with van der Waals surface area (Å²) in [6.07, 6.45) is 1.91. The number of carbonyl (C=O) groups excluding carboxylic acids is 1. The molecule has 94 valence electrons. The second kappa shape index (κ2) is 4.84. The largest absolute Gasteiger partial charge is 0.322 e. The minimum Gasteiger partial charge on any atom is -0.322 e. The molecule has 0 saturated carbocycles. The molecule has 2 heterocycles. The molecule has 0 bridgehead atoms. The number of nitrogens with one attached hydrogen (secondary N) is 2. The van der Waals surface area contributed by atoms with E-state index in [0.29, 0.717) is 10.7 Å². The monoisotopic (exact) mass is 281 g/mol. The Morgan fingerprint density at radius 2 is 2.44 bits per heavy atom. The number of hydrogen-bond acceptors (Lipinski definition) is 4. The van der Waals surface area contributed by atoms with Crippen LogP contribution < -0.4 is 10.6 Å². The molecule has 2 N–H and O–H groups in total. The number of anilines is 1. The van der Waals surface area contributed by atoms with Crippen molar-refractivity contribution in [3.63, 3.8) is 0 Å². The van der Waals surface area contributed by atoms with Crippen molar-refractivity contribution >= 4 is 44.7 Å². The first-order valence-electron chi connectivity index (χ1n) is 5.81. The molecule has 4 nitrogen and oxygen atoms in total. The van der Waals surface area contributed by atoms with Crippen LogP contribution in [0.5, 0.6) is 0 Å². The summed E-state index contributed by atoms with van der Waals surface area (Å²) in [5.41, 5.74) is 3.14. The molecule has 0 radical (unpaired) electrons. The molecule has 1 amide bonds. The van der Waals surface area contributed by atoms with Gasteiger partial charge in [0.2, 0.25) is 5.91 Å². The average Bonchev–Trinajstić information content (AvgIpc) is 3.02. The molecule has 1 unspecified atom stereocenters. The first-order valence-corrected chi connectivity index (χ1v) is 7.07. The van der Waals surface area contributed by atoms with Crippen LogP contribution in [0.1, 0.15) is 12.8 Å². The van der Waals surface area contributed by atoms with Crippen molar-refractivity contribution in [2.75, 3.05) is 11.9 Å². The number of thiazole rings is 1. The molecule has 0 spiro atoms. The fraction of sp³-hybridized carbons (Fsp3) is 0.333. The number of nitrogens with zero attached hydrogens (tertiary/aromatic N) is 1. The van der Waals surface area contributed by atoms with E-state index in [-0.39, 0.29) is 11.9 Å². The van der Waals surface area contributed by atoms with Crippen LogP contribution in [0.15, 0.2) is 17.6 Å². The van der Waals surface area contributed by atoms with Crippen LogP contribution in [0.3, 0.4) is 0 Å². The van der Waals surface area contributed by atoms with E-state index in [2.05, 4.69) is 15.6 Å². The quantitative estimate of drug-likeness (QED) is 0.890. The van der Waals surface area contributed by atoms with E-state index in [1.54, 1.807) is 11.6 Å². The number of amides is 1. The minimum absolute atomic E-state index is 0.0325. The van der Waals surface area contributed by atoms with E-state index in [1.165, 1.54) is 11.3 Å². The maximum absolute atomic E-state index is 12.1. The summed E-state index contributed by atoms with van der Waals surface area (Å²) in [6.45, 7) is 0.896. The first kappa shape index (κ1) is 11.9. The average molecular weight is 282 g/mol. The summed E-state index contributed by atoms with van der Waals surface area (Å²) < 4.78 is 1.02. The number of halogens is 1. The topological polar surface area (TPSA) is 54.0 Å². The third-order valence-corrected chi connectivity index (χ3v) is 4.19. The second-order valence-electron chi connectivity index (χ2n) is 4.26. The standard InChI is InChI=1S/C12H12ClN3OS/c13-7-3-4-9-11(15-6-18-9)10(7)16-12(17)8-2-1-5-14-8/h3-4,6,8,14H,1-2,5H2,(H,16,17). The van der Waals surface area contributed by atoms with Crippen molar-refractivity contribution in [3.05, 3.63) is 22.7 Å². The Balaban J connectivity index is 1.91. The Morgan fingerprint density at radius 3 is 3.22 bits per heavy atom. The van der Waals surface area contributed by atoms with Crippen LogP contribution in [-0.4, -0.2) is 23.5 Å². The number of aromatic nitrogens is 1. The van der Waals surface area contributed by atoms with Gasteiger partial charge in [0.1, 0.15) is 5.52 Å². The van der Waals surface area contributed by atoms with Gasteiger partial charge in [-0.3, -0.25) is 4.79 Å². The Hall–Kier alpha value is -1.17. The van der Waals surface area contributed by atoms with Gasteiger partial charge in [-0.1, -0.05) is 11.6 Å². The van der Waals surface area contributed by atoms with Gasteiger partial charge in [0.05, 0.1) is 27.0 Å². The number of rotatable bonds is 2. The van der Waals surface area contributed by atoms with Crippen LogP contribution >= 0.6 is 22.9 Å². The molecule has 2 aromatic rings. The number of hydrogen-bond donors (Lipinski definition) is 2. The smallest absolute Gasteiger partial charge is 0.241 e. The number of benzene rings is 1. The van der Waals surface area contributed by atoms with Crippen molar-refractivity contribution in [1.82, 2.24) is 10.3 Å². The molecule has 6 heteroatoms. The number of fused-ring (bicyclic) bond motifs is 1. The van der Waals surface area contributed by atoms with Gasteiger partial charge in [-0.15, -0.1) is 11.3 Å². The van der Waals surface area contributed by atoms with Crippen LogP contribution in [0.2, 0.25) is 5.02 Å². The van der Waals surface area contributed by atoms with E-state index in [9.17, 15) is 4.79 Å². The maximum Gasteiger partial charge on any atom is 0.241 e. The fourth-order valence-corrected chi connectivity index (χ4v) is 3.03. The number of carbonyl (C=O) groups is 1. The molecule has 1 aromatic carbocycles. The summed E-state index contributed by atoms with van der Waals surface area (Å²) >= 11 is 7.67. The Labute approximate surface area is 113 Å². The summed E-state index contributed by atoms with van der Waals surface area (Å²) in [4.78, 5) is 16.3. The molecule has 1 aromatic heterocycles. The Kier molecular flexibility index (Phi) is 3.20. The summed E-state index contributed by atoms with van der Waals surface area (Å²) in [7, 11) is 0. The lowest BCUT2D eigenvalue weighted by Gasteiger charge is -2.12. The van der Waals surface area contributed by atoms with Crippen molar-refractivity contribution < 1.29 is 4.79 Å². The lowest BCUT2D eigenvalue weighted by molar-refractivity contribution is -0.117. The highest BCUT2D eigenvalue weighted by atomic mass is 35.5. The summed E-state index contributed by atoms with van der Waals surface area (Å²) in [6, 6.07) is 3.59. The van der Waals surface area contributed by atoms with Gasteiger partial charge in [-0.05, 0) is 31.5 Å². The molecule has 0 aliphatic carbocycles. The van der Waals surface area contributed by atoms with E-state index in [1.807, 2.05) is 6.07 Å². The molecular formula is C12H12ClN3OS. The van der Waals surface area contributed by atoms with Crippen LogP contribution in [0.25, 0.3) is 10.2 Å². The SMILES string of the molecule is O=C(Nc1c(Cl)ccc2scnc12)C1CCCN1. The molecule has 1 saturated heterocycles. The molecular weight excluding hydrogens is 270 g/mol. The lowest BCUT2D eigenvalue weighted by atomic mass is 10.2. The zero-order valence-electron chi connectivity index (χ0n) is 9.57. The van der Waals surface area contributed by atoms with Gasteiger partial charge in [-0.2, -0.15) is 0 Å². The van der Waals surface area contributed by atoms with Crippen molar-refractivity contribution in [2.45, 2.75) is 18.9 Å². The lowest BCUT2D eigenvalue weighted by Crippen LogP contribution is -2.35. The van der Waals surface area contributed by atoms with Crippen molar-refractivity contribution in [1.29, 1.82) is 0 Å². The molecule has 1 aliphatic heterocycles. The Bertz CT molecular complexity index is 592. The maximum atomic E-state index is 12.1. The molecule has 1 fully saturated rings. The highest BCUT2D eigenvalue weighted by molar-refractivity contribution is 7.16. The van der Waals surface area contributed by atoms with Crippen LogP contribution in [0, 0.1) is 0 Å². The van der Waals surface area contributed by atoms with E-state index < -0.39 is 0 Å². The highest BCUT2D eigenvalue weighted by Gasteiger charge is 2.23. The van der Waals surface area contributed by atoms with Crippen molar-refractivity contribution in [2.24, 2.45) is 0 Å². The first-order chi connectivity index (χ1) is 8.75. The predicted molar refractivity (Wildman–Crippen MR) is 74.3 cm³/mol. The van der Waals surface area contributed by atoms with Gasteiger partial charge in [0.15, 0.2) is 0 Å². The third-order valence-electron chi connectivity index (χ3n) is 3.08. The Morgan fingerprint density at radius 1 is 1.56 bits per heavy atom. The van der Waals surface area contributed by atoms with Gasteiger partial charge in [0, 0.05) is 0 Å². The van der Waals surface area contributed by atoms with Gasteiger partial charge in [0.25, 0.3) is 0 Å². The highest BCUT2D eigenvalue weighted by Crippen LogP contribution is 2.32. The van der Waals surface area contributed by atoms with Gasteiger partial charge in [-0.25, -0.2) is 4.98 Å². The summed E-state index contributed by atoms with van der Waals surface area (Å²) in [5, 5.41) is 6.58. The van der Waals surface area contributed by atoms with E-state index in [0.717, 1.165) is 29.6 Å². The molecule has 1 aliphatic rings. The minimum atomic E-state index is -0.116. The van der Waals surface area contributed by atoms with E-state index >= 15 is 0 Å². The fourth-order valence-electron chi connectivity index (χ4n) is 2.14. The molecule has 1 atom stereocenters. The van der Waals surface area contributed by atoms with Crippen LogP contribution in [-0.2, 0) is 4.79 Å². The molecule has 3 rings (SSSR count). The van der Waals surface area contributed by atoms with Crippen LogP contribution in [0.4, 0.5) is 5.69 Å². The second-order valence-corrected chi connectivity index (χ2v) is 5.55. The third kappa shape index (κ3) is 2.09. The molecule has 18 heavy (non-hydrogen) atoms. The predicted octanol–water partition coefficient (Wildman–Crippen LogP) is 2.64. The van der Waals surface area contributed by atoms with Crippen molar-refractivity contribution in [3.8, 4) is 0 Å². The van der Waals surface area contributed by atoms with Gasteiger partial charge >= 0.3 is 0 Å². The van der Waals surface area contributed by atoms with Gasteiger partial charge < -0.3 is 10.6 Å². The normalized spacial score (nSPS) is 19.3. The zero-order valence-corrected chi connectivity index (χ0v) is 11.1. The zero-order chi connectivity index (χ0) is 12.5. The summed E-state index contributed by atoms with van der Waals surface area (Å²) in [5.74, 6) is -0.0325.